The molecule has 4 aromatic rings. The normalized spacial score (nSPS) is 11.0. The number of carbonyl (C=O) groups excluding carboxylic acids is 1. The number of rotatable bonds is 7. The molecule has 0 fully saturated rings. The minimum Gasteiger partial charge on any atom is -0.356 e. The van der Waals surface area contributed by atoms with E-state index in [1.807, 2.05) is 47.4 Å². The fourth-order valence-corrected chi connectivity index (χ4v) is 3.23. The summed E-state index contributed by atoms with van der Waals surface area (Å²) in [7, 11) is 0. The van der Waals surface area contributed by atoms with Gasteiger partial charge in [0.1, 0.15) is 0 Å². The van der Waals surface area contributed by atoms with Crippen LogP contribution < -0.4 is 5.32 Å². The van der Waals surface area contributed by atoms with Gasteiger partial charge >= 0.3 is 0 Å². The van der Waals surface area contributed by atoms with Gasteiger partial charge in [0.05, 0.1) is 5.69 Å². The summed E-state index contributed by atoms with van der Waals surface area (Å²) in [6, 6.07) is 20.5. The average Bonchev–Trinajstić information content (AvgIpc) is 3.37. The fourth-order valence-electron chi connectivity index (χ4n) is 3.23. The van der Waals surface area contributed by atoms with Crippen LogP contribution in [0, 0.1) is 0 Å². The lowest BCUT2D eigenvalue weighted by Crippen LogP contribution is -2.26. The second-order valence-electron chi connectivity index (χ2n) is 6.53. The van der Waals surface area contributed by atoms with E-state index in [0.717, 1.165) is 12.1 Å². The van der Waals surface area contributed by atoms with E-state index in [1.54, 1.807) is 6.20 Å². The second-order valence-corrected chi connectivity index (χ2v) is 6.53. The lowest BCUT2D eigenvalue weighted by molar-refractivity contribution is -0.121. The average molecular weight is 358 g/mol. The molecule has 2 aromatic carbocycles. The first-order valence-corrected chi connectivity index (χ1v) is 9.19. The van der Waals surface area contributed by atoms with Gasteiger partial charge in [0, 0.05) is 43.6 Å². The molecule has 0 saturated carbocycles. The summed E-state index contributed by atoms with van der Waals surface area (Å²) >= 11 is 0. The molecule has 27 heavy (non-hydrogen) atoms. The number of para-hydroxylation sites is 1. The van der Waals surface area contributed by atoms with Gasteiger partial charge < -0.3 is 9.88 Å². The van der Waals surface area contributed by atoms with Crippen LogP contribution in [-0.2, 0) is 17.8 Å². The number of amides is 1. The summed E-state index contributed by atoms with van der Waals surface area (Å²) in [4.78, 5) is 12.1. The van der Waals surface area contributed by atoms with Crippen molar-refractivity contribution in [2.45, 2.75) is 19.4 Å². The first kappa shape index (κ1) is 17.1. The molecule has 2 aromatic heterocycles. The van der Waals surface area contributed by atoms with E-state index in [1.165, 1.54) is 16.5 Å². The second kappa shape index (κ2) is 7.91. The van der Waals surface area contributed by atoms with Crippen LogP contribution in [0.25, 0.3) is 16.6 Å². The number of hydrogen-bond acceptors (Lipinski definition) is 2. The van der Waals surface area contributed by atoms with Crippen molar-refractivity contribution >= 4 is 16.8 Å². The highest BCUT2D eigenvalue weighted by atomic mass is 16.1. The van der Waals surface area contributed by atoms with Crippen LogP contribution in [0.15, 0.2) is 79.3 Å². The van der Waals surface area contributed by atoms with Gasteiger partial charge in [-0.3, -0.25) is 4.79 Å². The summed E-state index contributed by atoms with van der Waals surface area (Å²) in [5.41, 5.74) is 3.40. The van der Waals surface area contributed by atoms with Crippen LogP contribution >= 0.6 is 0 Å². The third kappa shape index (κ3) is 4.08. The van der Waals surface area contributed by atoms with Crippen LogP contribution in [0.2, 0.25) is 0 Å². The quantitative estimate of drug-likeness (QED) is 0.549. The minimum absolute atomic E-state index is 0.0842. The number of carbonyl (C=O) groups is 1. The minimum atomic E-state index is 0.0842. The van der Waals surface area contributed by atoms with E-state index in [4.69, 9.17) is 0 Å². The molecular formula is C22H22N4O. The lowest BCUT2D eigenvalue weighted by Gasteiger charge is -2.08. The predicted molar refractivity (Wildman–Crippen MR) is 107 cm³/mol. The van der Waals surface area contributed by atoms with Gasteiger partial charge in [0.2, 0.25) is 5.91 Å². The van der Waals surface area contributed by atoms with Gasteiger partial charge in [0.25, 0.3) is 0 Å². The van der Waals surface area contributed by atoms with Crippen LogP contribution in [0.1, 0.15) is 12.0 Å². The topological polar surface area (TPSA) is 51.9 Å². The Bertz CT molecular complexity index is 1020. The summed E-state index contributed by atoms with van der Waals surface area (Å²) < 4.78 is 3.96. The Kier molecular flexibility index (Phi) is 5.01. The predicted octanol–water partition coefficient (Wildman–Crippen LogP) is 3.58. The summed E-state index contributed by atoms with van der Waals surface area (Å²) in [6.07, 6.45) is 7.02. The Balaban J connectivity index is 1.24. The van der Waals surface area contributed by atoms with Crippen molar-refractivity contribution in [3.05, 3.63) is 84.8 Å². The highest BCUT2D eigenvalue weighted by Crippen LogP contribution is 2.15. The SMILES string of the molecule is O=C(CCn1ccc2ccccc21)NCCc1ccc(-n2cccn2)cc1. The number of aryl methyl sites for hydroxylation is 1. The van der Waals surface area contributed by atoms with Crippen molar-refractivity contribution in [1.82, 2.24) is 19.7 Å². The molecule has 5 nitrogen and oxygen atoms in total. The Morgan fingerprint density at radius 3 is 2.63 bits per heavy atom. The van der Waals surface area contributed by atoms with Crippen molar-refractivity contribution in [3.8, 4) is 5.69 Å². The Morgan fingerprint density at radius 1 is 0.963 bits per heavy atom. The van der Waals surface area contributed by atoms with Crippen molar-refractivity contribution in [3.63, 3.8) is 0 Å². The molecule has 0 bridgehead atoms. The third-order valence-corrected chi connectivity index (χ3v) is 4.70. The van der Waals surface area contributed by atoms with E-state index in [9.17, 15) is 4.79 Å². The molecule has 5 heteroatoms. The maximum absolute atomic E-state index is 12.1. The maximum atomic E-state index is 12.1. The van der Waals surface area contributed by atoms with Crippen LogP contribution in [-0.4, -0.2) is 26.8 Å². The molecule has 4 rings (SSSR count). The van der Waals surface area contributed by atoms with Crippen LogP contribution in [0.3, 0.4) is 0 Å². The van der Waals surface area contributed by atoms with E-state index in [0.29, 0.717) is 19.5 Å². The van der Waals surface area contributed by atoms with E-state index in [2.05, 4.69) is 45.3 Å². The molecule has 0 radical (unpaired) electrons. The van der Waals surface area contributed by atoms with Crippen LogP contribution in [0.5, 0.6) is 0 Å². The molecule has 2 heterocycles. The fraction of sp³-hybridized carbons (Fsp3) is 0.182. The number of aromatic nitrogens is 3. The molecule has 0 aliphatic rings. The molecule has 0 atom stereocenters. The number of fused-ring (bicyclic) bond motifs is 1. The maximum Gasteiger partial charge on any atom is 0.221 e. The van der Waals surface area contributed by atoms with Crippen molar-refractivity contribution in [2.24, 2.45) is 0 Å². The number of benzene rings is 2. The van der Waals surface area contributed by atoms with Crippen molar-refractivity contribution in [1.29, 1.82) is 0 Å². The van der Waals surface area contributed by atoms with Crippen LogP contribution in [0.4, 0.5) is 0 Å². The molecule has 136 valence electrons. The monoisotopic (exact) mass is 358 g/mol. The summed E-state index contributed by atoms with van der Waals surface area (Å²) in [5, 5.41) is 8.44. The zero-order valence-electron chi connectivity index (χ0n) is 15.1. The van der Waals surface area contributed by atoms with Crippen molar-refractivity contribution in [2.75, 3.05) is 6.54 Å². The number of hydrogen-bond donors (Lipinski definition) is 1. The van der Waals surface area contributed by atoms with Gasteiger partial charge in [0.15, 0.2) is 0 Å². The van der Waals surface area contributed by atoms with Gasteiger partial charge in [-0.1, -0.05) is 30.3 Å². The Morgan fingerprint density at radius 2 is 1.81 bits per heavy atom. The Labute approximate surface area is 158 Å². The van der Waals surface area contributed by atoms with E-state index < -0.39 is 0 Å². The molecule has 0 unspecified atom stereocenters. The van der Waals surface area contributed by atoms with Gasteiger partial charge in [-0.15, -0.1) is 0 Å². The lowest BCUT2D eigenvalue weighted by atomic mass is 10.1. The summed E-state index contributed by atoms with van der Waals surface area (Å²) in [5.74, 6) is 0.0842. The zero-order chi connectivity index (χ0) is 18.5. The highest BCUT2D eigenvalue weighted by molar-refractivity contribution is 5.80. The number of nitrogens with one attached hydrogen (secondary N) is 1. The van der Waals surface area contributed by atoms with Gasteiger partial charge in [-0.2, -0.15) is 5.10 Å². The van der Waals surface area contributed by atoms with Crippen molar-refractivity contribution < 1.29 is 4.79 Å². The summed E-state index contributed by atoms with van der Waals surface area (Å²) in [6.45, 7) is 1.34. The van der Waals surface area contributed by atoms with E-state index >= 15 is 0 Å². The van der Waals surface area contributed by atoms with Gasteiger partial charge in [-0.05, 0) is 47.7 Å². The molecule has 0 saturated heterocycles. The molecule has 1 N–H and O–H groups in total. The molecule has 1 amide bonds. The smallest absolute Gasteiger partial charge is 0.221 e. The number of nitrogens with zero attached hydrogens (tertiary/aromatic N) is 3. The molecular weight excluding hydrogens is 336 g/mol. The first-order chi connectivity index (χ1) is 13.3. The molecule has 0 aliphatic carbocycles. The zero-order valence-corrected chi connectivity index (χ0v) is 15.1. The molecule has 0 spiro atoms. The first-order valence-electron chi connectivity index (χ1n) is 9.19. The standard InChI is InChI=1S/C22H22N4O/c27-22(12-17-25-16-11-19-4-1-2-5-21(19)25)23-14-10-18-6-8-20(9-7-18)26-15-3-13-24-26/h1-9,11,13,15-16H,10,12,14,17H2,(H,23,27). The van der Waals surface area contributed by atoms with Gasteiger partial charge in [-0.25, -0.2) is 4.68 Å². The third-order valence-electron chi connectivity index (χ3n) is 4.70. The molecule has 0 aliphatic heterocycles. The largest absolute Gasteiger partial charge is 0.356 e. The highest BCUT2D eigenvalue weighted by Gasteiger charge is 2.05. The Hall–Kier alpha value is -3.34. The van der Waals surface area contributed by atoms with E-state index in [-0.39, 0.29) is 5.91 Å².